The first-order valence-corrected chi connectivity index (χ1v) is 3.72. The number of nitrogens with zero attached hydrogens (tertiary/aromatic N) is 1. The molecule has 0 amide bonds. The minimum Gasteiger partial charge on any atom is -0.308 e. The highest BCUT2D eigenvalue weighted by molar-refractivity contribution is 5.13. The maximum atomic E-state index is 13.0. The maximum Gasteiger partial charge on any atom is 0.146 e. The molecule has 11 heavy (non-hydrogen) atoms. The average molecular weight is 152 g/mol. The van der Waals surface area contributed by atoms with Gasteiger partial charge in [-0.2, -0.15) is 0 Å². The number of rotatable bonds is 1. The molecule has 1 fully saturated rings. The number of halogens is 1. The Morgan fingerprint density at radius 3 is 3.00 bits per heavy atom. The summed E-state index contributed by atoms with van der Waals surface area (Å²) in [7, 11) is 0. The van der Waals surface area contributed by atoms with E-state index in [1.54, 1.807) is 12.3 Å². The summed E-state index contributed by atoms with van der Waals surface area (Å²) in [6, 6.07) is 3.20. The van der Waals surface area contributed by atoms with Gasteiger partial charge in [0, 0.05) is 6.20 Å². The molecule has 0 unspecified atom stereocenters. The lowest BCUT2D eigenvalue weighted by molar-refractivity contribution is 0.361. The van der Waals surface area contributed by atoms with E-state index in [1.165, 1.54) is 6.07 Å². The fourth-order valence-corrected chi connectivity index (χ4v) is 1.18. The van der Waals surface area contributed by atoms with Crippen molar-refractivity contribution in [3.63, 3.8) is 0 Å². The van der Waals surface area contributed by atoms with Crippen molar-refractivity contribution in [2.24, 2.45) is 0 Å². The molecule has 2 heterocycles. The van der Waals surface area contributed by atoms with Crippen LogP contribution in [0.2, 0.25) is 0 Å². The maximum absolute atomic E-state index is 13.0. The van der Waals surface area contributed by atoms with Gasteiger partial charge < -0.3 is 5.32 Å². The fraction of sp³-hybridized carbons (Fsp3) is 0.375. The van der Waals surface area contributed by atoms with Gasteiger partial charge in [0.05, 0.1) is 11.7 Å². The molecule has 58 valence electrons. The van der Waals surface area contributed by atoms with E-state index < -0.39 is 0 Å². The van der Waals surface area contributed by atoms with Crippen molar-refractivity contribution in [2.45, 2.75) is 12.5 Å². The summed E-state index contributed by atoms with van der Waals surface area (Å²) >= 11 is 0. The predicted octanol–water partition coefficient (Wildman–Crippen LogP) is 1.26. The Morgan fingerprint density at radius 2 is 2.45 bits per heavy atom. The molecule has 0 radical (unpaired) electrons. The smallest absolute Gasteiger partial charge is 0.146 e. The molecule has 3 heteroatoms. The molecule has 1 aliphatic rings. The van der Waals surface area contributed by atoms with E-state index in [9.17, 15) is 4.39 Å². The third kappa shape index (κ3) is 1.12. The van der Waals surface area contributed by atoms with Crippen LogP contribution < -0.4 is 5.32 Å². The van der Waals surface area contributed by atoms with Gasteiger partial charge in [-0.1, -0.05) is 0 Å². The standard InChI is InChI=1S/C8H9FN2/c9-6-2-1-4-11-8(6)7-3-5-10-7/h1-2,4,7,10H,3,5H2/t7-/m1/s1. The quantitative estimate of drug-likeness (QED) is 0.655. The molecule has 0 aromatic carbocycles. The molecule has 2 nitrogen and oxygen atoms in total. The van der Waals surface area contributed by atoms with Gasteiger partial charge >= 0.3 is 0 Å². The normalized spacial score (nSPS) is 22.8. The van der Waals surface area contributed by atoms with E-state index in [4.69, 9.17) is 0 Å². The highest BCUT2D eigenvalue weighted by atomic mass is 19.1. The van der Waals surface area contributed by atoms with Crippen molar-refractivity contribution in [1.82, 2.24) is 10.3 Å². The lowest BCUT2D eigenvalue weighted by Crippen LogP contribution is -2.36. The predicted molar refractivity (Wildman–Crippen MR) is 39.6 cm³/mol. The highest BCUT2D eigenvalue weighted by Crippen LogP contribution is 2.22. The van der Waals surface area contributed by atoms with E-state index in [1.807, 2.05) is 0 Å². The van der Waals surface area contributed by atoms with E-state index in [2.05, 4.69) is 10.3 Å². The molecule has 1 aliphatic heterocycles. The second kappa shape index (κ2) is 2.58. The Kier molecular flexibility index (Phi) is 1.58. The molecule has 0 spiro atoms. The molecular formula is C8H9FN2. The second-order valence-corrected chi connectivity index (χ2v) is 2.67. The fourth-order valence-electron chi connectivity index (χ4n) is 1.18. The number of hydrogen-bond donors (Lipinski definition) is 1. The zero-order chi connectivity index (χ0) is 7.68. The summed E-state index contributed by atoms with van der Waals surface area (Å²) in [4.78, 5) is 3.96. The van der Waals surface area contributed by atoms with E-state index in [-0.39, 0.29) is 11.9 Å². The Balaban J connectivity index is 2.28. The van der Waals surface area contributed by atoms with Crippen LogP contribution in [0.1, 0.15) is 18.2 Å². The van der Waals surface area contributed by atoms with Crippen LogP contribution in [-0.2, 0) is 0 Å². The summed E-state index contributed by atoms with van der Waals surface area (Å²) in [5.74, 6) is -0.204. The van der Waals surface area contributed by atoms with Gasteiger partial charge in [-0.25, -0.2) is 4.39 Å². The van der Waals surface area contributed by atoms with E-state index >= 15 is 0 Å². The van der Waals surface area contributed by atoms with Crippen molar-refractivity contribution >= 4 is 0 Å². The van der Waals surface area contributed by atoms with Crippen molar-refractivity contribution in [2.75, 3.05) is 6.54 Å². The molecule has 0 aliphatic carbocycles. The third-order valence-electron chi connectivity index (χ3n) is 1.94. The lowest BCUT2D eigenvalue weighted by atomic mass is 10.0. The first-order chi connectivity index (χ1) is 5.38. The minimum absolute atomic E-state index is 0.149. The molecular weight excluding hydrogens is 143 g/mol. The molecule has 1 N–H and O–H groups in total. The monoisotopic (exact) mass is 152 g/mol. The molecule has 1 aromatic rings. The number of nitrogens with one attached hydrogen (secondary N) is 1. The summed E-state index contributed by atoms with van der Waals surface area (Å²) in [6.07, 6.45) is 2.62. The highest BCUT2D eigenvalue weighted by Gasteiger charge is 2.22. The Bertz CT molecular complexity index is 258. The topological polar surface area (TPSA) is 24.9 Å². The van der Waals surface area contributed by atoms with Crippen LogP contribution in [0.5, 0.6) is 0 Å². The molecule has 1 saturated heterocycles. The second-order valence-electron chi connectivity index (χ2n) is 2.67. The zero-order valence-corrected chi connectivity index (χ0v) is 6.05. The first-order valence-electron chi connectivity index (χ1n) is 3.72. The summed E-state index contributed by atoms with van der Waals surface area (Å²) in [6.45, 7) is 0.973. The van der Waals surface area contributed by atoms with Crippen LogP contribution in [0.25, 0.3) is 0 Å². The van der Waals surface area contributed by atoms with Gasteiger partial charge in [0.15, 0.2) is 0 Å². The summed E-state index contributed by atoms with van der Waals surface area (Å²) < 4.78 is 13.0. The molecule has 2 rings (SSSR count). The van der Waals surface area contributed by atoms with Gasteiger partial charge in [0.25, 0.3) is 0 Å². The van der Waals surface area contributed by atoms with Crippen LogP contribution in [-0.4, -0.2) is 11.5 Å². The summed E-state index contributed by atoms with van der Waals surface area (Å²) in [5, 5.41) is 3.10. The van der Waals surface area contributed by atoms with Crippen LogP contribution >= 0.6 is 0 Å². The molecule has 1 atom stereocenters. The van der Waals surface area contributed by atoms with Gasteiger partial charge in [0.2, 0.25) is 0 Å². The van der Waals surface area contributed by atoms with Crippen molar-refractivity contribution in [3.05, 3.63) is 29.8 Å². The first kappa shape index (κ1) is 6.73. The van der Waals surface area contributed by atoms with Gasteiger partial charge in [0.1, 0.15) is 5.82 Å². The SMILES string of the molecule is Fc1cccnc1[C@H]1CCN1. The summed E-state index contributed by atoms with van der Waals surface area (Å²) in [5.41, 5.74) is 0.554. The largest absolute Gasteiger partial charge is 0.308 e. The van der Waals surface area contributed by atoms with Crippen LogP contribution in [0.15, 0.2) is 18.3 Å². The third-order valence-corrected chi connectivity index (χ3v) is 1.94. The zero-order valence-electron chi connectivity index (χ0n) is 6.05. The van der Waals surface area contributed by atoms with Crippen LogP contribution in [0.3, 0.4) is 0 Å². The van der Waals surface area contributed by atoms with E-state index in [0.29, 0.717) is 5.69 Å². The van der Waals surface area contributed by atoms with Gasteiger partial charge in [-0.15, -0.1) is 0 Å². The molecule has 0 saturated carbocycles. The number of pyridine rings is 1. The van der Waals surface area contributed by atoms with Gasteiger partial charge in [-0.05, 0) is 25.1 Å². The Labute approximate surface area is 64.5 Å². The Hall–Kier alpha value is -0.960. The Morgan fingerprint density at radius 1 is 1.64 bits per heavy atom. The number of aromatic nitrogens is 1. The van der Waals surface area contributed by atoms with Crippen LogP contribution in [0, 0.1) is 5.82 Å². The van der Waals surface area contributed by atoms with Crippen molar-refractivity contribution < 1.29 is 4.39 Å². The molecule has 0 bridgehead atoms. The van der Waals surface area contributed by atoms with Crippen molar-refractivity contribution in [3.8, 4) is 0 Å². The average Bonchev–Trinajstić information content (AvgIpc) is 1.90. The molecule has 1 aromatic heterocycles. The van der Waals surface area contributed by atoms with Crippen molar-refractivity contribution in [1.29, 1.82) is 0 Å². The lowest BCUT2D eigenvalue weighted by Gasteiger charge is -2.26. The van der Waals surface area contributed by atoms with E-state index in [0.717, 1.165) is 13.0 Å². The number of hydrogen-bond acceptors (Lipinski definition) is 2. The van der Waals surface area contributed by atoms with Gasteiger partial charge in [-0.3, -0.25) is 4.98 Å². The van der Waals surface area contributed by atoms with Crippen LogP contribution in [0.4, 0.5) is 4.39 Å². The minimum atomic E-state index is -0.204.